The van der Waals surface area contributed by atoms with Crippen LogP contribution in [0.25, 0.3) is 0 Å². The third-order valence-corrected chi connectivity index (χ3v) is 10.8. The van der Waals surface area contributed by atoms with Crippen molar-refractivity contribution in [2.24, 2.45) is 11.8 Å². The minimum Gasteiger partial charge on any atom is -0.490 e. The fourth-order valence-electron chi connectivity index (χ4n) is 7.65. The molecule has 2 N–H and O–H groups in total. The summed E-state index contributed by atoms with van der Waals surface area (Å²) >= 11 is 7.76. The molecule has 2 aliphatic carbocycles. The van der Waals surface area contributed by atoms with E-state index in [9.17, 15) is 9.90 Å². The van der Waals surface area contributed by atoms with Crippen LogP contribution in [-0.2, 0) is 16.6 Å². The molecule has 1 amide bonds. The zero-order valence-electron chi connectivity index (χ0n) is 22.7. The molecule has 2 aromatic carbocycles. The highest BCUT2D eigenvalue weighted by Crippen LogP contribution is 2.48. The number of carbonyl (C=O) groups is 1. The smallest absolute Gasteiger partial charge is 0.261 e. The number of anilines is 1. The number of fused-ring (bicyclic) bond motifs is 7. The average molecular weight is 581 g/mol. The summed E-state index contributed by atoms with van der Waals surface area (Å²) in [5, 5.41) is 12.1. The first-order chi connectivity index (χ1) is 19.4. The van der Waals surface area contributed by atoms with Crippen molar-refractivity contribution in [1.29, 1.82) is 0 Å². The second-order valence-corrected chi connectivity index (χ2v) is 13.7. The lowest BCUT2D eigenvalue weighted by Gasteiger charge is -2.48. The maximum atomic E-state index is 13.1. The number of benzene rings is 2. The molecule has 2 fully saturated rings. The van der Waals surface area contributed by atoms with Crippen molar-refractivity contribution in [3.05, 3.63) is 70.3 Å². The second kappa shape index (κ2) is 10.6. The Labute approximate surface area is 245 Å². The molecule has 1 spiro atoms. The van der Waals surface area contributed by atoms with Crippen LogP contribution in [0.1, 0.15) is 60.0 Å². The maximum absolute atomic E-state index is 13.1. The van der Waals surface area contributed by atoms with Crippen LogP contribution >= 0.6 is 23.5 Å². The van der Waals surface area contributed by atoms with E-state index in [0.717, 1.165) is 61.7 Å². The van der Waals surface area contributed by atoms with Gasteiger partial charge in [-0.2, -0.15) is 0 Å². The molecule has 4 bridgehead atoms. The summed E-state index contributed by atoms with van der Waals surface area (Å²) < 4.78 is 15.9. The number of aliphatic hydroxyl groups is 1. The van der Waals surface area contributed by atoms with E-state index < -0.39 is 5.60 Å². The Morgan fingerprint density at radius 3 is 2.95 bits per heavy atom. The standard InChI is InChI=1S/C32H37ClN2O4S/c33-24-6-8-26-21(15-24)3-1-10-31(26)19-35-18-23-4-7-25(23)29-17-32(37,12-13-38-29)11-2-14-40-34-30(36)22-5-9-28(39-20-31)27(35)16-22/h2,5-6,8-9,11,15-16,23,25,29,37H,1,3-4,7,10,12-14,17-20H2,(H,34,36)/b11-2+/t23-,25+,29+,31-,32+/m0/s1. The van der Waals surface area contributed by atoms with Crippen molar-refractivity contribution in [2.75, 3.05) is 37.0 Å². The van der Waals surface area contributed by atoms with Crippen molar-refractivity contribution in [1.82, 2.24) is 4.72 Å². The van der Waals surface area contributed by atoms with Crippen LogP contribution in [0.2, 0.25) is 5.02 Å². The Bertz CT molecular complexity index is 1340. The van der Waals surface area contributed by atoms with Crippen molar-refractivity contribution in [3.63, 3.8) is 0 Å². The highest BCUT2D eigenvalue weighted by Gasteiger charge is 2.46. The Kier molecular flexibility index (Phi) is 7.06. The van der Waals surface area contributed by atoms with Crippen LogP contribution in [0, 0.1) is 11.8 Å². The molecule has 5 atom stereocenters. The highest BCUT2D eigenvalue weighted by molar-refractivity contribution is 7.98. The highest BCUT2D eigenvalue weighted by atomic mass is 35.5. The number of nitrogens with one attached hydrogen (secondary N) is 1. The first-order valence-electron chi connectivity index (χ1n) is 14.7. The van der Waals surface area contributed by atoms with Gasteiger partial charge in [-0.3, -0.25) is 9.52 Å². The zero-order chi connectivity index (χ0) is 27.3. The van der Waals surface area contributed by atoms with Crippen LogP contribution in [0.5, 0.6) is 5.75 Å². The van der Waals surface area contributed by atoms with Gasteiger partial charge in [-0.15, -0.1) is 0 Å². The summed E-state index contributed by atoms with van der Waals surface area (Å²) in [4.78, 5) is 15.6. The summed E-state index contributed by atoms with van der Waals surface area (Å²) in [5.74, 6) is 2.18. The van der Waals surface area contributed by atoms with Crippen molar-refractivity contribution in [2.45, 2.75) is 62.1 Å². The molecule has 2 aromatic rings. The summed E-state index contributed by atoms with van der Waals surface area (Å²) in [7, 11) is 0. The van der Waals surface area contributed by atoms with E-state index in [0.29, 0.717) is 49.2 Å². The van der Waals surface area contributed by atoms with E-state index in [4.69, 9.17) is 21.1 Å². The van der Waals surface area contributed by atoms with Crippen molar-refractivity contribution >= 4 is 35.1 Å². The fourth-order valence-corrected chi connectivity index (χ4v) is 8.37. The quantitative estimate of drug-likeness (QED) is 0.308. The minimum atomic E-state index is -0.851. The average Bonchev–Trinajstić information content (AvgIpc) is 3.07. The molecule has 1 saturated heterocycles. The number of nitrogens with zero attached hydrogens (tertiary/aromatic N) is 1. The molecular formula is C32H37ClN2O4S. The monoisotopic (exact) mass is 580 g/mol. The number of carbonyl (C=O) groups excluding carboxylic acids is 1. The zero-order valence-corrected chi connectivity index (χ0v) is 24.3. The SMILES string of the molecule is O=C1NSC/C=C/[C@@]2(O)CCO[C@H](C2)[C@@H]2CC[C@H]2CN2C[C@@]3(CCCc4cc(Cl)ccc43)COc3ccc1cc32. The summed E-state index contributed by atoms with van der Waals surface area (Å²) in [6.07, 6.45) is 10.6. The van der Waals surface area contributed by atoms with Gasteiger partial charge in [-0.25, -0.2) is 0 Å². The molecule has 5 aliphatic rings. The van der Waals surface area contributed by atoms with E-state index in [1.807, 2.05) is 36.4 Å². The molecule has 6 nitrogen and oxygen atoms in total. The van der Waals surface area contributed by atoms with Crippen LogP contribution < -0.4 is 14.4 Å². The van der Waals surface area contributed by atoms with Crippen molar-refractivity contribution < 1.29 is 19.4 Å². The maximum Gasteiger partial charge on any atom is 0.261 e. The van der Waals surface area contributed by atoms with Gasteiger partial charge in [-0.1, -0.05) is 29.8 Å². The summed E-state index contributed by atoms with van der Waals surface area (Å²) in [5.41, 5.74) is 3.29. The molecule has 1 saturated carbocycles. The van der Waals surface area contributed by atoms with Crippen LogP contribution in [0.3, 0.4) is 0 Å². The number of aryl methyl sites for hydroxylation is 1. The number of ether oxygens (including phenoxy) is 2. The topological polar surface area (TPSA) is 71.0 Å². The van der Waals surface area contributed by atoms with E-state index in [1.165, 1.54) is 23.1 Å². The Hall–Kier alpha value is -2.19. The molecule has 40 heavy (non-hydrogen) atoms. The van der Waals surface area contributed by atoms with Gasteiger partial charge in [0.25, 0.3) is 5.91 Å². The summed E-state index contributed by atoms with van der Waals surface area (Å²) in [6, 6.07) is 12.2. The number of rotatable bonds is 0. The van der Waals surface area contributed by atoms with Gasteiger partial charge in [0.1, 0.15) is 5.75 Å². The Balaban J connectivity index is 1.27. The normalized spacial score (nSPS) is 34.4. The van der Waals surface area contributed by atoms with E-state index in [1.54, 1.807) is 0 Å². The van der Waals surface area contributed by atoms with Gasteiger partial charge in [0.2, 0.25) is 0 Å². The first-order valence-corrected chi connectivity index (χ1v) is 16.0. The third kappa shape index (κ3) is 4.93. The second-order valence-electron chi connectivity index (χ2n) is 12.4. The molecule has 0 radical (unpaired) electrons. The van der Waals surface area contributed by atoms with Gasteiger partial charge in [0, 0.05) is 47.7 Å². The largest absolute Gasteiger partial charge is 0.490 e. The first kappa shape index (κ1) is 26.7. The molecule has 3 aliphatic heterocycles. The number of hydrogen-bond acceptors (Lipinski definition) is 6. The van der Waals surface area contributed by atoms with Crippen LogP contribution in [-0.4, -0.2) is 54.8 Å². The van der Waals surface area contributed by atoms with Crippen LogP contribution in [0.4, 0.5) is 5.69 Å². The number of amides is 1. The molecule has 212 valence electrons. The Morgan fingerprint density at radius 1 is 1.15 bits per heavy atom. The van der Waals surface area contributed by atoms with Crippen LogP contribution in [0.15, 0.2) is 48.6 Å². The predicted octanol–water partition coefficient (Wildman–Crippen LogP) is 5.70. The lowest BCUT2D eigenvalue weighted by atomic mass is 9.66. The van der Waals surface area contributed by atoms with Gasteiger partial charge < -0.3 is 19.5 Å². The summed E-state index contributed by atoms with van der Waals surface area (Å²) in [6.45, 7) is 2.88. The molecule has 7 rings (SSSR count). The van der Waals surface area contributed by atoms with Crippen molar-refractivity contribution in [3.8, 4) is 5.75 Å². The molecule has 3 heterocycles. The Morgan fingerprint density at radius 2 is 2.08 bits per heavy atom. The van der Waals surface area contributed by atoms with Gasteiger partial charge in [0.15, 0.2) is 0 Å². The predicted molar refractivity (Wildman–Crippen MR) is 159 cm³/mol. The lowest BCUT2D eigenvalue weighted by Crippen LogP contribution is -2.52. The van der Waals surface area contributed by atoms with E-state index in [2.05, 4.69) is 21.8 Å². The lowest BCUT2D eigenvalue weighted by molar-refractivity contribution is -0.125. The fraction of sp³-hybridized carbons (Fsp3) is 0.531. The molecular weight excluding hydrogens is 544 g/mol. The molecule has 0 unspecified atom stereocenters. The number of halogens is 1. The van der Waals surface area contributed by atoms with Gasteiger partial charge in [-0.05, 0) is 97.3 Å². The number of hydrogen-bond donors (Lipinski definition) is 2. The van der Waals surface area contributed by atoms with Gasteiger partial charge in [0.05, 0.1) is 30.6 Å². The molecule has 0 aromatic heterocycles. The van der Waals surface area contributed by atoms with E-state index >= 15 is 0 Å². The van der Waals surface area contributed by atoms with Gasteiger partial charge >= 0.3 is 0 Å². The third-order valence-electron chi connectivity index (χ3n) is 9.90. The minimum absolute atomic E-state index is 0.0583. The molecule has 8 heteroatoms. The van der Waals surface area contributed by atoms with E-state index in [-0.39, 0.29) is 17.4 Å².